The van der Waals surface area contributed by atoms with Crippen LogP contribution in [0, 0.1) is 0 Å². The van der Waals surface area contributed by atoms with Gasteiger partial charge in [0, 0.05) is 36.5 Å². The molecule has 3 rings (SSSR count). The molecule has 0 aliphatic carbocycles. The maximum atomic E-state index is 12.1. The lowest BCUT2D eigenvalue weighted by Crippen LogP contribution is -2.12. The fourth-order valence-corrected chi connectivity index (χ4v) is 2.54. The Morgan fingerprint density at radius 1 is 1.16 bits per heavy atom. The molecule has 0 fully saturated rings. The number of pyridine rings is 1. The molecule has 1 amide bonds. The van der Waals surface area contributed by atoms with Crippen LogP contribution in [-0.4, -0.2) is 21.0 Å². The molecular formula is C19H20N4O2. The van der Waals surface area contributed by atoms with E-state index in [-0.39, 0.29) is 5.91 Å². The summed E-state index contributed by atoms with van der Waals surface area (Å²) in [7, 11) is 0. The number of anilines is 1. The third-order valence-corrected chi connectivity index (χ3v) is 3.87. The quantitative estimate of drug-likeness (QED) is 0.712. The fraction of sp³-hybridized carbons (Fsp3) is 0.263. The Balaban J connectivity index is 1.50. The van der Waals surface area contributed by atoms with Gasteiger partial charge in [-0.2, -0.15) is 4.98 Å². The summed E-state index contributed by atoms with van der Waals surface area (Å²) in [6.07, 6.45) is 5.88. The topological polar surface area (TPSA) is 80.9 Å². The molecule has 6 nitrogen and oxygen atoms in total. The van der Waals surface area contributed by atoms with E-state index < -0.39 is 0 Å². The van der Waals surface area contributed by atoms with Crippen LogP contribution in [0.4, 0.5) is 5.69 Å². The zero-order valence-electron chi connectivity index (χ0n) is 14.1. The molecule has 3 aromatic rings. The van der Waals surface area contributed by atoms with Crippen molar-refractivity contribution in [3.8, 4) is 11.4 Å². The largest absolute Gasteiger partial charge is 0.339 e. The Morgan fingerprint density at radius 2 is 1.96 bits per heavy atom. The smallest absolute Gasteiger partial charge is 0.226 e. The van der Waals surface area contributed by atoms with Crippen LogP contribution in [0.3, 0.4) is 0 Å². The summed E-state index contributed by atoms with van der Waals surface area (Å²) in [5.41, 5.74) is 2.88. The maximum absolute atomic E-state index is 12.1. The van der Waals surface area contributed by atoms with Gasteiger partial charge < -0.3 is 9.84 Å². The normalized spacial score (nSPS) is 10.6. The zero-order chi connectivity index (χ0) is 17.5. The van der Waals surface area contributed by atoms with Crippen LogP contribution >= 0.6 is 0 Å². The van der Waals surface area contributed by atoms with Crippen LogP contribution in [0.2, 0.25) is 0 Å². The molecule has 0 aliphatic rings. The Kier molecular flexibility index (Phi) is 5.51. The number of benzene rings is 1. The molecule has 0 spiro atoms. The molecule has 0 unspecified atom stereocenters. The first kappa shape index (κ1) is 16.8. The van der Waals surface area contributed by atoms with Crippen molar-refractivity contribution >= 4 is 11.6 Å². The number of aromatic nitrogens is 3. The second kappa shape index (κ2) is 8.19. The number of carbonyl (C=O) groups is 1. The van der Waals surface area contributed by atoms with E-state index in [1.54, 1.807) is 12.4 Å². The number of aryl methyl sites for hydroxylation is 2. The van der Waals surface area contributed by atoms with Crippen molar-refractivity contribution in [3.63, 3.8) is 0 Å². The third kappa shape index (κ3) is 4.50. The number of nitrogens with zero attached hydrogens (tertiary/aromatic N) is 3. The first-order valence-corrected chi connectivity index (χ1v) is 8.37. The van der Waals surface area contributed by atoms with E-state index >= 15 is 0 Å². The average Bonchev–Trinajstić information content (AvgIpc) is 3.12. The zero-order valence-corrected chi connectivity index (χ0v) is 14.1. The van der Waals surface area contributed by atoms with Gasteiger partial charge in [0.25, 0.3) is 0 Å². The highest BCUT2D eigenvalue weighted by atomic mass is 16.5. The molecule has 0 atom stereocenters. The Labute approximate surface area is 146 Å². The number of hydrogen-bond acceptors (Lipinski definition) is 5. The van der Waals surface area contributed by atoms with Crippen LogP contribution in [0.15, 0.2) is 53.3 Å². The highest BCUT2D eigenvalue weighted by molar-refractivity contribution is 5.91. The molecule has 1 aromatic carbocycles. The van der Waals surface area contributed by atoms with Gasteiger partial charge in [0.2, 0.25) is 17.6 Å². The minimum absolute atomic E-state index is 0.00484. The van der Waals surface area contributed by atoms with Gasteiger partial charge in [0.1, 0.15) is 0 Å². The molecule has 2 aromatic heterocycles. The molecular weight excluding hydrogens is 316 g/mol. The molecule has 2 heterocycles. The summed E-state index contributed by atoms with van der Waals surface area (Å²) in [6, 6.07) is 11.5. The molecule has 6 heteroatoms. The monoisotopic (exact) mass is 336 g/mol. The van der Waals surface area contributed by atoms with Gasteiger partial charge in [0.05, 0.1) is 0 Å². The highest BCUT2D eigenvalue weighted by Crippen LogP contribution is 2.17. The van der Waals surface area contributed by atoms with Crippen molar-refractivity contribution in [3.05, 3.63) is 60.2 Å². The second-order valence-electron chi connectivity index (χ2n) is 5.66. The van der Waals surface area contributed by atoms with Gasteiger partial charge >= 0.3 is 0 Å². The van der Waals surface area contributed by atoms with E-state index in [1.165, 1.54) is 0 Å². The van der Waals surface area contributed by atoms with Crippen LogP contribution in [0.25, 0.3) is 11.4 Å². The number of carbonyl (C=O) groups excluding carboxylic acids is 1. The van der Waals surface area contributed by atoms with Gasteiger partial charge in [-0.25, -0.2) is 0 Å². The number of hydrogen-bond donors (Lipinski definition) is 1. The van der Waals surface area contributed by atoms with E-state index in [2.05, 4.69) is 27.4 Å². The van der Waals surface area contributed by atoms with E-state index in [9.17, 15) is 4.79 Å². The summed E-state index contributed by atoms with van der Waals surface area (Å²) in [5.74, 6) is 1.07. The molecule has 0 saturated heterocycles. The van der Waals surface area contributed by atoms with Crippen molar-refractivity contribution in [2.45, 2.75) is 32.6 Å². The lowest BCUT2D eigenvalue weighted by molar-refractivity contribution is -0.116. The first-order valence-electron chi connectivity index (χ1n) is 8.37. The fourth-order valence-electron chi connectivity index (χ4n) is 2.54. The van der Waals surface area contributed by atoms with E-state index in [1.807, 2.05) is 36.4 Å². The minimum atomic E-state index is -0.00484. The third-order valence-electron chi connectivity index (χ3n) is 3.87. The predicted octanol–water partition coefficient (Wildman–Crippen LogP) is 3.66. The van der Waals surface area contributed by atoms with E-state index in [0.717, 1.165) is 23.2 Å². The molecule has 0 aliphatic heterocycles. The first-order chi connectivity index (χ1) is 12.3. The second-order valence-corrected chi connectivity index (χ2v) is 5.66. The van der Waals surface area contributed by atoms with Crippen LogP contribution in [0.1, 0.15) is 31.2 Å². The maximum Gasteiger partial charge on any atom is 0.226 e. The van der Waals surface area contributed by atoms with Gasteiger partial charge in [-0.05, 0) is 36.6 Å². The van der Waals surface area contributed by atoms with Crippen molar-refractivity contribution in [2.75, 3.05) is 5.32 Å². The Hall–Kier alpha value is -3.02. The summed E-state index contributed by atoms with van der Waals surface area (Å²) in [4.78, 5) is 20.4. The van der Waals surface area contributed by atoms with Crippen molar-refractivity contribution < 1.29 is 9.32 Å². The highest BCUT2D eigenvalue weighted by Gasteiger charge is 2.10. The molecule has 128 valence electrons. The summed E-state index contributed by atoms with van der Waals surface area (Å²) in [6.45, 7) is 2.07. The predicted molar refractivity (Wildman–Crippen MR) is 94.9 cm³/mol. The molecule has 0 bridgehead atoms. The van der Waals surface area contributed by atoms with Gasteiger partial charge in [0.15, 0.2) is 0 Å². The van der Waals surface area contributed by atoms with Crippen LogP contribution in [-0.2, 0) is 17.6 Å². The van der Waals surface area contributed by atoms with Crippen molar-refractivity contribution in [1.82, 2.24) is 15.1 Å². The lowest BCUT2D eigenvalue weighted by Gasteiger charge is -2.09. The van der Waals surface area contributed by atoms with E-state index in [4.69, 9.17) is 4.52 Å². The molecule has 0 saturated carbocycles. The Morgan fingerprint density at radius 3 is 2.76 bits per heavy atom. The van der Waals surface area contributed by atoms with Crippen molar-refractivity contribution in [2.24, 2.45) is 0 Å². The lowest BCUT2D eigenvalue weighted by atomic mass is 10.1. The van der Waals surface area contributed by atoms with Gasteiger partial charge in [-0.3, -0.25) is 9.78 Å². The standard InChI is InChI=1S/C19H20N4O2/c1-2-14-6-3-4-7-16(14)21-17(24)8-5-9-18-22-19(23-25-18)15-10-12-20-13-11-15/h3-4,6-7,10-13H,2,5,8-9H2,1H3,(H,21,24). The summed E-state index contributed by atoms with van der Waals surface area (Å²) < 4.78 is 5.24. The summed E-state index contributed by atoms with van der Waals surface area (Å²) >= 11 is 0. The van der Waals surface area contributed by atoms with E-state index in [0.29, 0.717) is 31.0 Å². The summed E-state index contributed by atoms with van der Waals surface area (Å²) in [5, 5.41) is 6.93. The molecule has 0 radical (unpaired) electrons. The van der Waals surface area contributed by atoms with Crippen LogP contribution < -0.4 is 5.32 Å². The van der Waals surface area contributed by atoms with Crippen molar-refractivity contribution in [1.29, 1.82) is 0 Å². The number of para-hydroxylation sites is 1. The average molecular weight is 336 g/mol. The SMILES string of the molecule is CCc1ccccc1NC(=O)CCCc1nc(-c2ccncc2)no1. The minimum Gasteiger partial charge on any atom is -0.339 e. The van der Waals surface area contributed by atoms with Gasteiger partial charge in [-0.1, -0.05) is 30.3 Å². The number of nitrogens with one attached hydrogen (secondary N) is 1. The van der Waals surface area contributed by atoms with Gasteiger partial charge in [-0.15, -0.1) is 0 Å². The van der Waals surface area contributed by atoms with Crippen LogP contribution in [0.5, 0.6) is 0 Å². The molecule has 1 N–H and O–H groups in total. The molecule has 25 heavy (non-hydrogen) atoms. The Bertz CT molecular complexity index is 830. The number of rotatable bonds is 7. The number of amides is 1.